The fourth-order valence-electron chi connectivity index (χ4n) is 1.21. The Kier molecular flexibility index (Phi) is 2.65. The minimum absolute atomic E-state index is 0.0111. The van der Waals surface area contributed by atoms with Gasteiger partial charge in [-0.3, -0.25) is 0 Å². The van der Waals surface area contributed by atoms with E-state index in [9.17, 15) is 0 Å². The molecule has 1 aliphatic rings. The highest BCUT2D eigenvalue weighted by atomic mass is 16.5. The fourth-order valence-corrected chi connectivity index (χ4v) is 1.21. The van der Waals surface area contributed by atoms with E-state index >= 15 is 0 Å². The SMILES string of the molecule is CC1C=CCC(CO)(CO)O1. The molecule has 1 rings (SSSR count). The zero-order valence-corrected chi connectivity index (χ0v) is 6.66. The van der Waals surface area contributed by atoms with Crippen LogP contribution in [-0.2, 0) is 4.74 Å². The average Bonchev–Trinajstić information content (AvgIpc) is 2.04. The number of rotatable bonds is 2. The van der Waals surface area contributed by atoms with Crippen molar-refractivity contribution in [1.82, 2.24) is 0 Å². The molecule has 0 saturated heterocycles. The summed E-state index contributed by atoms with van der Waals surface area (Å²) in [6, 6.07) is 0. The molecular formula is C8H14O3. The molecule has 1 unspecified atom stereocenters. The molecule has 0 aromatic rings. The van der Waals surface area contributed by atoms with Crippen molar-refractivity contribution in [2.45, 2.75) is 25.0 Å². The molecule has 64 valence electrons. The van der Waals surface area contributed by atoms with E-state index in [4.69, 9.17) is 14.9 Å². The van der Waals surface area contributed by atoms with Crippen LogP contribution in [0.15, 0.2) is 12.2 Å². The molecule has 2 N–H and O–H groups in total. The van der Waals surface area contributed by atoms with Crippen LogP contribution in [-0.4, -0.2) is 35.1 Å². The number of aliphatic hydroxyl groups is 2. The van der Waals surface area contributed by atoms with Gasteiger partial charge in [-0.1, -0.05) is 12.2 Å². The van der Waals surface area contributed by atoms with E-state index < -0.39 is 5.60 Å². The summed E-state index contributed by atoms with van der Waals surface area (Å²) < 4.78 is 5.39. The van der Waals surface area contributed by atoms with Gasteiger partial charge in [-0.25, -0.2) is 0 Å². The maximum atomic E-state index is 8.94. The molecule has 3 heteroatoms. The molecule has 1 atom stereocenters. The second kappa shape index (κ2) is 3.34. The summed E-state index contributed by atoms with van der Waals surface area (Å²) in [5.41, 5.74) is -0.742. The van der Waals surface area contributed by atoms with Gasteiger partial charge in [-0.2, -0.15) is 0 Å². The number of hydrogen-bond donors (Lipinski definition) is 2. The summed E-state index contributed by atoms with van der Waals surface area (Å²) in [4.78, 5) is 0. The van der Waals surface area contributed by atoms with Gasteiger partial charge in [-0.15, -0.1) is 0 Å². The molecule has 1 heterocycles. The topological polar surface area (TPSA) is 49.7 Å². The van der Waals surface area contributed by atoms with E-state index in [0.717, 1.165) is 0 Å². The van der Waals surface area contributed by atoms with Crippen molar-refractivity contribution in [2.75, 3.05) is 13.2 Å². The zero-order chi connectivity index (χ0) is 8.32. The first kappa shape index (κ1) is 8.71. The Balaban J connectivity index is 2.64. The zero-order valence-electron chi connectivity index (χ0n) is 6.66. The van der Waals surface area contributed by atoms with Crippen LogP contribution >= 0.6 is 0 Å². The van der Waals surface area contributed by atoms with Crippen LogP contribution < -0.4 is 0 Å². The average molecular weight is 158 g/mol. The van der Waals surface area contributed by atoms with E-state index in [0.29, 0.717) is 6.42 Å². The second-order valence-corrected chi connectivity index (χ2v) is 2.95. The molecule has 3 nitrogen and oxygen atoms in total. The van der Waals surface area contributed by atoms with Crippen LogP contribution in [0.4, 0.5) is 0 Å². The van der Waals surface area contributed by atoms with E-state index in [-0.39, 0.29) is 19.3 Å². The van der Waals surface area contributed by atoms with Crippen LogP contribution in [0.5, 0.6) is 0 Å². The molecule has 0 amide bonds. The summed E-state index contributed by atoms with van der Waals surface area (Å²) in [7, 11) is 0. The highest BCUT2D eigenvalue weighted by molar-refractivity contribution is 5.01. The summed E-state index contributed by atoms with van der Waals surface area (Å²) in [6.07, 6.45) is 4.43. The number of aliphatic hydroxyl groups excluding tert-OH is 2. The van der Waals surface area contributed by atoms with Crippen molar-refractivity contribution < 1.29 is 14.9 Å². The Morgan fingerprint density at radius 2 is 2.18 bits per heavy atom. The standard InChI is InChI=1S/C8H14O3/c1-7-3-2-4-8(5-9,6-10)11-7/h2-3,7,9-10H,4-6H2,1H3. The monoisotopic (exact) mass is 158 g/mol. The first-order chi connectivity index (χ1) is 5.22. The third kappa shape index (κ3) is 1.80. The molecule has 11 heavy (non-hydrogen) atoms. The molecule has 0 bridgehead atoms. The van der Waals surface area contributed by atoms with Crippen LogP contribution in [0, 0.1) is 0 Å². The molecule has 0 aromatic carbocycles. The van der Waals surface area contributed by atoms with Gasteiger partial charge >= 0.3 is 0 Å². The summed E-state index contributed by atoms with van der Waals surface area (Å²) in [6.45, 7) is 1.63. The molecule has 1 aliphatic heterocycles. The van der Waals surface area contributed by atoms with Gasteiger partial charge in [0.15, 0.2) is 0 Å². The van der Waals surface area contributed by atoms with Crippen LogP contribution in [0.2, 0.25) is 0 Å². The van der Waals surface area contributed by atoms with Gasteiger partial charge in [-0.05, 0) is 13.3 Å². The Labute approximate surface area is 66.3 Å². The Morgan fingerprint density at radius 3 is 2.55 bits per heavy atom. The minimum atomic E-state index is -0.742. The number of ether oxygens (including phenoxy) is 1. The lowest BCUT2D eigenvalue weighted by Gasteiger charge is -2.34. The first-order valence-electron chi connectivity index (χ1n) is 3.79. The molecule has 0 radical (unpaired) electrons. The summed E-state index contributed by atoms with van der Waals surface area (Å²) in [5, 5.41) is 17.9. The van der Waals surface area contributed by atoms with Crippen molar-refractivity contribution in [3.05, 3.63) is 12.2 Å². The van der Waals surface area contributed by atoms with Gasteiger partial charge in [0.25, 0.3) is 0 Å². The largest absolute Gasteiger partial charge is 0.393 e. The van der Waals surface area contributed by atoms with Crippen LogP contribution in [0.3, 0.4) is 0 Å². The smallest absolute Gasteiger partial charge is 0.118 e. The Bertz CT molecular complexity index is 149. The van der Waals surface area contributed by atoms with Crippen molar-refractivity contribution in [3.8, 4) is 0 Å². The Morgan fingerprint density at radius 1 is 1.55 bits per heavy atom. The fraction of sp³-hybridized carbons (Fsp3) is 0.750. The van der Waals surface area contributed by atoms with Crippen molar-refractivity contribution in [3.63, 3.8) is 0 Å². The van der Waals surface area contributed by atoms with Crippen LogP contribution in [0.25, 0.3) is 0 Å². The Hall–Kier alpha value is -0.380. The van der Waals surface area contributed by atoms with Gasteiger partial charge in [0.05, 0.1) is 19.3 Å². The molecule has 0 spiro atoms. The maximum absolute atomic E-state index is 8.94. The third-order valence-corrected chi connectivity index (χ3v) is 1.91. The highest BCUT2D eigenvalue weighted by Crippen LogP contribution is 2.22. The summed E-state index contributed by atoms with van der Waals surface area (Å²) >= 11 is 0. The van der Waals surface area contributed by atoms with Gasteiger partial charge < -0.3 is 14.9 Å². The van der Waals surface area contributed by atoms with E-state index in [1.165, 1.54) is 0 Å². The molecular weight excluding hydrogens is 144 g/mol. The number of hydrogen-bond acceptors (Lipinski definition) is 3. The summed E-state index contributed by atoms with van der Waals surface area (Å²) in [5.74, 6) is 0. The van der Waals surface area contributed by atoms with Gasteiger partial charge in [0, 0.05) is 0 Å². The van der Waals surface area contributed by atoms with E-state index in [1.807, 2.05) is 19.1 Å². The normalized spacial score (nSPS) is 28.8. The van der Waals surface area contributed by atoms with Crippen molar-refractivity contribution in [2.24, 2.45) is 0 Å². The lowest BCUT2D eigenvalue weighted by Crippen LogP contribution is -2.44. The molecule has 0 saturated carbocycles. The predicted octanol–water partition coefficient (Wildman–Crippen LogP) is 0.0748. The maximum Gasteiger partial charge on any atom is 0.118 e. The quantitative estimate of drug-likeness (QED) is 0.559. The lowest BCUT2D eigenvalue weighted by atomic mass is 9.98. The molecule has 0 aliphatic carbocycles. The van der Waals surface area contributed by atoms with Crippen LogP contribution in [0.1, 0.15) is 13.3 Å². The van der Waals surface area contributed by atoms with Gasteiger partial charge in [0.1, 0.15) is 5.60 Å². The lowest BCUT2D eigenvalue weighted by molar-refractivity contribution is -0.129. The van der Waals surface area contributed by atoms with Crippen molar-refractivity contribution in [1.29, 1.82) is 0 Å². The minimum Gasteiger partial charge on any atom is -0.393 e. The highest BCUT2D eigenvalue weighted by Gasteiger charge is 2.32. The van der Waals surface area contributed by atoms with Crippen molar-refractivity contribution >= 4 is 0 Å². The van der Waals surface area contributed by atoms with Gasteiger partial charge in [0.2, 0.25) is 0 Å². The van der Waals surface area contributed by atoms with E-state index in [1.54, 1.807) is 0 Å². The second-order valence-electron chi connectivity index (χ2n) is 2.95. The third-order valence-electron chi connectivity index (χ3n) is 1.91. The predicted molar refractivity (Wildman–Crippen MR) is 41.2 cm³/mol. The first-order valence-corrected chi connectivity index (χ1v) is 3.79. The molecule has 0 aromatic heterocycles. The van der Waals surface area contributed by atoms with E-state index in [2.05, 4.69) is 0 Å². The molecule has 0 fully saturated rings.